The molecule has 3 fully saturated rings. The number of morpholine rings is 1. The summed E-state index contributed by atoms with van der Waals surface area (Å²) in [6, 6.07) is 0.451. The summed E-state index contributed by atoms with van der Waals surface area (Å²) in [6.45, 7) is 12.3. The van der Waals surface area contributed by atoms with Crippen LogP contribution in [0.3, 0.4) is 0 Å². The number of hydrogen-bond donors (Lipinski definition) is 1. The molecule has 0 spiro atoms. The van der Waals surface area contributed by atoms with Crippen molar-refractivity contribution < 1.29 is 14.2 Å². The number of nitrogens with zero attached hydrogens (tertiary/aromatic N) is 3. The molecule has 26 heavy (non-hydrogen) atoms. The van der Waals surface area contributed by atoms with E-state index in [4.69, 9.17) is 19.2 Å². The molecule has 0 aliphatic carbocycles. The van der Waals surface area contributed by atoms with Gasteiger partial charge >= 0.3 is 0 Å². The number of rotatable bonds is 7. The fourth-order valence-corrected chi connectivity index (χ4v) is 4.33. The lowest BCUT2D eigenvalue weighted by atomic mass is 9.97. The quantitative estimate of drug-likeness (QED) is 0.526. The standard InChI is InChI=1S/C19H36N4O3/c1-3-20-19(23-6-4-16(13-23)14-24-2)21-12-18(17-5-9-26-15-17)22-7-10-25-11-8-22/h16-18H,3-15H2,1-2H3,(H,20,21). The number of methoxy groups -OCH3 is 1. The molecule has 0 aromatic heterocycles. The van der Waals surface area contributed by atoms with E-state index in [-0.39, 0.29) is 0 Å². The second-order valence-electron chi connectivity index (χ2n) is 7.59. The van der Waals surface area contributed by atoms with Gasteiger partial charge in [-0.3, -0.25) is 9.89 Å². The van der Waals surface area contributed by atoms with Crippen LogP contribution in [0.5, 0.6) is 0 Å². The van der Waals surface area contributed by atoms with Gasteiger partial charge in [0.2, 0.25) is 0 Å². The van der Waals surface area contributed by atoms with Crippen molar-refractivity contribution in [1.29, 1.82) is 0 Å². The molecule has 3 heterocycles. The second-order valence-corrected chi connectivity index (χ2v) is 7.59. The molecule has 0 aromatic rings. The first-order valence-electron chi connectivity index (χ1n) is 10.2. The zero-order valence-electron chi connectivity index (χ0n) is 16.5. The van der Waals surface area contributed by atoms with Gasteiger partial charge in [-0.15, -0.1) is 0 Å². The van der Waals surface area contributed by atoms with E-state index < -0.39 is 0 Å². The Morgan fingerprint density at radius 3 is 2.73 bits per heavy atom. The maximum atomic E-state index is 5.68. The highest BCUT2D eigenvalue weighted by atomic mass is 16.5. The lowest BCUT2D eigenvalue weighted by Crippen LogP contribution is -2.49. The lowest BCUT2D eigenvalue weighted by molar-refractivity contribution is 0.00364. The van der Waals surface area contributed by atoms with Gasteiger partial charge < -0.3 is 24.4 Å². The Morgan fingerprint density at radius 2 is 2.04 bits per heavy atom. The highest BCUT2D eigenvalue weighted by molar-refractivity contribution is 5.80. The summed E-state index contributed by atoms with van der Waals surface area (Å²) in [5.74, 6) is 2.25. The molecule has 3 rings (SSSR count). The third kappa shape index (κ3) is 5.31. The summed E-state index contributed by atoms with van der Waals surface area (Å²) in [5.41, 5.74) is 0. The fourth-order valence-electron chi connectivity index (χ4n) is 4.33. The second kappa shape index (κ2) is 10.4. The maximum absolute atomic E-state index is 5.68. The summed E-state index contributed by atoms with van der Waals surface area (Å²) < 4.78 is 16.6. The Morgan fingerprint density at radius 1 is 1.19 bits per heavy atom. The van der Waals surface area contributed by atoms with Gasteiger partial charge in [0.05, 0.1) is 33.0 Å². The van der Waals surface area contributed by atoms with Gasteiger partial charge in [0.25, 0.3) is 0 Å². The van der Waals surface area contributed by atoms with Crippen molar-refractivity contribution in [2.24, 2.45) is 16.8 Å². The van der Waals surface area contributed by atoms with Crippen molar-refractivity contribution in [1.82, 2.24) is 15.1 Å². The molecule has 7 heteroatoms. The average molecular weight is 369 g/mol. The number of aliphatic imine (C=N–C) groups is 1. The normalized spacial score (nSPS) is 29.3. The third-order valence-corrected chi connectivity index (χ3v) is 5.77. The van der Waals surface area contributed by atoms with Crippen molar-refractivity contribution in [2.75, 3.05) is 79.4 Å². The summed E-state index contributed by atoms with van der Waals surface area (Å²) in [5, 5.41) is 3.50. The third-order valence-electron chi connectivity index (χ3n) is 5.77. The average Bonchev–Trinajstić information content (AvgIpc) is 3.35. The number of likely N-dealkylation sites (tertiary alicyclic amines) is 1. The van der Waals surface area contributed by atoms with Crippen molar-refractivity contribution in [3.05, 3.63) is 0 Å². The van der Waals surface area contributed by atoms with Crippen LogP contribution in [0, 0.1) is 11.8 Å². The maximum Gasteiger partial charge on any atom is 0.193 e. The molecule has 3 unspecified atom stereocenters. The van der Waals surface area contributed by atoms with Crippen molar-refractivity contribution in [3.8, 4) is 0 Å². The zero-order valence-corrected chi connectivity index (χ0v) is 16.5. The molecule has 150 valence electrons. The first-order chi connectivity index (χ1) is 12.8. The highest BCUT2D eigenvalue weighted by Gasteiger charge is 2.32. The molecule has 0 radical (unpaired) electrons. The van der Waals surface area contributed by atoms with Crippen LogP contribution in [0.15, 0.2) is 4.99 Å². The Balaban J connectivity index is 1.64. The monoisotopic (exact) mass is 368 g/mol. The smallest absolute Gasteiger partial charge is 0.193 e. The molecule has 0 amide bonds. The van der Waals surface area contributed by atoms with Crippen LogP contribution in [0.4, 0.5) is 0 Å². The minimum Gasteiger partial charge on any atom is -0.384 e. The van der Waals surface area contributed by atoms with Crippen molar-refractivity contribution >= 4 is 5.96 Å². The Hall–Kier alpha value is -0.890. The molecule has 3 aliphatic heterocycles. The van der Waals surface area contributed by atoms with E-state index in [9.17, 15) is 0 Å². The highest BCUT2D eigenvalue weighted by Crippen LogP contribution is 2.23. The fraction of sp³-hybridized carbons (Fsp3) is 0.947. The molecular weight excluding hydrogens is 332 g/mol. The van der Waals surface area contributed by atoms with Crippen LogP contribution in [0.2, 0.25) is 0 Å². The van der Waals surface area contributed by atoms with Gasteiger partial charge in [-0.2, -0.15) is 0 Å². The number of ether oxygens (including phenoxy) is 3. The predicted molar refractivity (Wildman–Crippen MR) is 103 cm³/mol. The van der Waals surface area contributed by atoms with Crippen LogP contribution in [-0.4, -0.2) is 101 Å². The Labute approximate surface area is 158 Å². The molecular formula is C19H36N4O3. The minimum atomic E-state index is 0.451. The van der Waals surface area contributed by atoms with E-state index in [0.29, 0.717) is 17.9 Å². The Kier molecular flexibility index (Phi) is 7.98. The van der Waals surface area contributed by atoms with Crippen LogP contribution >= 0.6 is 0 Å². The topological polar surface area (TPSA) is 58.6 Å². The predicted octanol–water partition coefficient (Wildman–Crippen LogP) is 0.658. The molecule has 0 saturated carbocycles. The number of nitrogens with one attached hydrogen (secondary N) is 1. The number of guanidine groups is 1. The van der Waals surface area contributed by atoms with Gasteiger partial charge in [0.15, 0.2) is 5.96 Å². The first-order valence-corrected chi connectivity index (χ1v) is 10.2. The van der Waals surface area contributed by atoms with Gasteiger partial charge in [0, 0.05) is 64.3 Å². The van der Waals surface area contributed by atoms with E-state index in [1.165, 1.54) is 6.42 Å². The van der Waals surface area contributed by atoms with Gasteiger partial charge in [0.1, 0.15) is 0 Å². The number of hydrogen-bond acceptors (Lipinski definition) is 5. The van der Waals surface area contributed by atoms with Gasteiger partial charge in [-0.25, -0.2) is 0 Å². The van der Waals surface area contributed by atoms with E-state index >= 15 is 0 Å². The van der Waals surface area contributed by atoms with Crippen molar-refractivity contribution in [3.63, 3.8) is 0 Å². The molecule has 3 aliphatic rings. The van der Waals surface area contributed by atoms with E-state index in [0.717, 1.165) is 84.7 Å². The largest absolute Gasteiger partial charge is 0.384 e. The molecule has 3 saturated heterocycles. The molecule has 0 bridgehead atoms. The van der Waals surface area contributed by atoms with Crippen LogP contribution in [-0.2, 0) is 14.2 Å². The molecule has 1 N–H and O–H groups in total. The summed E-state index contributed by atoms with van der Waals surface area (Å²) in [4.78, 5) is 10.0. The Bertz CT molecular complexity index is 437. The van der Waals surface area contributed by atoms with E-state index in [1.54, 1.807) is 7.11 Å². The van der Waals surface area contributed by atoms with Crippen LogP contribution in [0.25, 0.3) is 0 Å². The molecule has 0 aromatic carbocycles. The minimum absolute atomic E-state index is 0.451. The lowest BCUT2D eigenvalue weighted by Gasteiger charge is -2.37. The van der Waals surface area contributed by atoms with Gasteiger partial charge in [-0.1, -0.05) is 0 Å². The van der Waals surface area contributed by atoms with Crippen LogP contribution < -0.4 is 5.32 Å². The van der Waals surface area contributed by atoms with E-state index in [2.05, 4.69) is 22.0 Å². The van der Waals surface area contributed by atoms with Crippen molar-refractivity contribution in [2.45, 2.75) is 25.8 Å². The summed E-state index contributed by atoms with van der Waals surface area (Å²) >= 11 is 0. The summed E-state index contributed by atoms with van der Waals surface area (Å²) in [7, 11) is 1.79. The van der Waals surface area contributed by atoms with E-state index in [1.807, 2.05) is 0 Å². The first kappa shape index (κ1) is 19.9. The zero-order chi connectivity index (χ0) is 18.2. The van der Waals surface area contributed by atoms with Crippen LogP contribution in [0.1, 0.15) is 19.8 Å². The SMILES string of the molecule is CCNC(=NCC(C1CCOC1)N1CCOCC1)N1CCC(COC)C1. The molecule has 7 nitrogen and oxygen atoms in total. The van der Waals surface area contributed by atoms with Gasteiger partial charge in [-0.05, 0) is 19.8 Å². The molecule has 3 atom stereocenters. The summed E-state index contributed by atoms with van der Waals surface area (Å²) in [6.07, 6.45) is 2.33.